The van der Waals surface area contributed by atoms with Gasteiger partial charge in [0.2, 0.25) is 5.91 Å². The summed E-state index contributed by atoms with van der Waals surface area (Å²) in [5, 5.41) is 2.89. The van der Waals surface area contributed by atoms with Crippen LogP contribution in [-0.4, -0.2) is 15.9 Å². The number of benzene rings is 2. The van der Waals surface area contributed by atoms with Crippen molar-refractivity contribution >= 4 is 38.6 Å². The van der Waals surface area contributed by atoms with Gasteiger partial charge in [0.05, 0.1) is 17.5 Å². The quantitative estimate of drug-likeness (QED) is 0.759. The number of anilines is 1. The summed E-state index contributed by atoms with van der Waals surface area (Å²) in [6, 6.07) is 13.4. The van der Waals surface area contributed by atoms with E-state index in [-0.39, 0.29) is 5.91 Å². The van der Waals surface area contributed by atoms with Gasteiger partial charge in [-0.05, 0) is 42.8 Å². The number of rotatable bonds is 3. The van der Waals surface area contributed by atoms with Crippen LogP contribution in [0.1, 0.15) is 11.4 Å². The van der Waals surface area contributed by atoms with Crippen molar-refractivity contribution in [3.8, 4) is 0 Å². The van der Waals surface area contributed by atoms with Crippen LogP contribution in [0.3, 0.4) is 0 Å². The fourth-order valence-corrected chi connectivity index (χ4v) is 2.65. The van der Waals surface area contributed by atoms with Crippen LogP contribution in [0.15, 0.2) is 46.9 Å². The SMILES string of the molecule is Cc1nc2ccc(CC(=O)Nc3cccc(Br)c3)cc2[nH]1. The number of aromatic nitrogens is 2. The topological polar surface area (TPSA) is 57.8 Å². The number of nitrogens with one attached hydrogen (secondary N) is 2. The Labute approximate surface area is 130 Å². The number of aryl methyl sites for hydroxylation is 1. The number of imidazole rings is 1. The molecule has 0 aliphatic heterocycles. The monoisotopic (exact) mass is 343 g/mol. The molecule has 3 rings (SSSR count). The molecule has 5 heteroatoms. The van der Waals surface area contributed by atoms with Crippen LogP contribution in [0, 0.1) is 6.92 Å². The molecule has 0 saturated heterocycles. The van der Waals surface area contributed by atoms with Crippen molar-refractivity contribution in [3.63, 3.8) is 0 Å². The van der Waals surface area contributed by atoms with E-state index in [0.29, 0.717) is 6.42 Å². The second-order valence-corrected chi connectivity index (χ2v) is 5.82. The van der Waals surface area contributed by atoms with Crippen LogP contribution < -0.4 is 5.32 Å². The summed E-state index contributed by atoms with van der Waals surface area (Å²) in [5.74, 6) is 0.837. The molecular weight excluding hydrogens is 330 g/mol. The maximum Gasteiger partial charge on any atom is 0.228 e. The molecule has 2 aromatic carbocycles. The molecule has 0 aliphatic carbocycles. The maximum absolute atomic E-state index is 12.1. The molecule has 2 N–H and O–H groups in total. The van der Waals surface area contributed by atoms with Crippen molar-refractivity contribution in [2.75, 3.05) is 5.32 Å². The van der Waals surface area contributed by atoms with Crippen LogP contribution in [-0.2, 0) is 11.2 Å². The van der Waals surface area contributed by atoms with E-state index in [1.54, 1.807) is 0 Å². The lowest BCUT2D eigenvalue weighted by Gasteiger charge is -2.05. The first-order valence-corrected chi connectivity index (χ1v) is 7.40. The number of carbonyl (C=O) groups is 1. The second-order valence-electron chi connectivity index (χ2n) is 4.91. The van der Waals surface area contributed by atoms with Crippen molar-refractivity contribution in [3.05, 3.63) is 58.3 Å². The number of H-pyrrole nitrogens is 1. The van der Waals surface area contributed by atoms with E-state index in [2.05, 4.69) is 31.2 Å². The van der Waals surface area contributed by atoms with E-state index < -0.39 is 0 Å². The molecule has 0 atom stereocenters. The first-order valence-electron chi connectivity index (χ1n) is 6.61. The highest BCUT2D eigenvalue weighted by molar-refractivity contribution is 9.10. The van der Waals surface area contributed by atoms with Crippen molar-refractivity contribution < 1.29 is 4.79 Å². The van der Waals surface area contributed by atoms with E-state index in [1.807, 2.05) is 49.4 Å². The van der Waals surface area contributed by atoms with Gasteiger partial charge in [-0.1, -0.05) is 28.1 Å². The number of aromatic amines is 1. The summed E-state index contributed by atoms with van der Waals surface area (Å²) in [6.07, 6.45) is 0.334. The zero-order valence-corrected chi connectivity index (χ0v) is 13.1. The highest BCUT2D eigenvalue weighted by Crippen LogP contribution is 2.17. The molecule has 0 aliphatic rings. The standard InChI is InChI=1S/C16H14BrN3O/c1-10-18-14-6-5-11(7-15(14)19-10)8-16(21)20-13-4-2-3-12(17)9-13/h2-7,9H,8H2,1H3,(H,18,19)(H,20,21). The number of halogens is 1. The number of fused-ring (bicyclic) bond motifs is 1. The smallest absolute Gasteiger partial charge is 0.228 e. The van der Waals surface area contributed by atoms with E-state index in [9.17, 15) is 4.79 Å². The summed E-state index contributed by atoms with van der Waals surface area (Å²) in [4.78, 5) is 19.6. The van der Waals surface area contributed by atoms with E-state index in [0.717, 1.165) is 32.6 Å². The Morgan fingerprint density at radius 1 is 1.29 bits per heavy atom. The molecule has 0 saturated carbocycles. The molecule has 0 fully saturated rings. The molecule has 0 radical (unpaired) electrons. The van der Waals surface area contributed by atoms with E-state index in [4.69, 9.17) is 0 Å². The van der Waals surface area contributed by atoms with Gasteiger partial charge in [0.1, 0.15) is 5.82 Å². The van der Waals surface area contributed by atoms with Crippen LogP contribution in [0.2, 0.25) is 0 Å². The van der Waals surface area contributed by atoms with Crippen molar-refractivity contribution in [2.45, 2.75) is 13.3 Å². The van der Waals surface area contributed by atoms with Gasteiger partial charge in [-0.25, -0.2) is 4.98 Å². The molecule has 106 valence electrons. The lowest BCUT2D eigenvalue weighted by molar-refractivity contribution is -0.115. The first-order chi connectivity index (χ1) is 10.1. The number of hydrogen-bond donors (Lipinski definition) is 2. The van der Waals surface area contributed by atoms with Gasteiger partial charge in [0.25, 0.3) is 0 Å². The minimum absolute atomic E-state index is 0.0383. The Morgan fingerprint density at radius 3 is 2.95 bits per heavy atom. The lowest BCUT2D eigenvalue weighted by atomic mass is 10.1. The highest BCUT2D eigenvalue weighted by atomic mass is 79.9. The molecule has 0 spiro atoms. The summed E-state index contributed by atoms with van der Waals surface area (Å²) in [7, 11) is 0. The molecule has 1 amide bonds. The minimum Gasteiger partial charge on any atom is -0.342 e. The Morgan fingerprint density at radius 2 is 2.14 bits per heavy atom. The van der Waals surface area contributed by atoms with Crippen LogP contribution in [0.4, 0.5) is 5.69 Å². The number of nitrogens with zero attached hydrogens (tertiary/aromatic N) is 1. The number of amides is 1. The Kier molecular flexibility index (Phi) is 3.75. The molecule has 21 heavy (non-hydrogen) atoms. The summed E-state index contributed by atoms with van der Waals surface area (Å²) >= 11 is 3.39. The van der Waals surface area contributed by atoms with Gasteiger partial charge in [-0.3, -0.25) is 4.79 Å². The molecule has 0 unspecified atom stereocenters. The molecule has 3 aromatic rings. The van der Waals surface area contributed by atoms with Crippen molar-refractivity contribution in [1.82, 2.24) is 9.97 Å². The largest absolute Gasteiger partial charge is 0.342 e. The summed E-state index contributed by atoms with van der Waals surface area (Å²) in [6.45, 7) is 1.92. The maximum atomic E-state index is 12.1. The lowest BCUT2D eigenvalue weighted by Crippen LogP contribution is -2.14. The fourth-order valence-electron chi connectivity index (χ4n) is 2.25. The summed E-state index contributed by atoms with van der Waals surface area (Å²) < 4.78 is 0.939. The Bertz CT molecular complexity index is 810. The molecule has 4 nitrogen and oxygen atoms in total. The number of carbonyl (C=O) groups excluding carboxylic acids is 1. The zero-order chi connectivity index (χ0) is 14.8. The predicted octanol–water partition coefficient (Wildman–Crippen LogP) is 3.82. The molecular formula is C16H14BrN3O. The first kappa shape index (κ1) is 13.8. The van der Waals surface area contributed by atoms with Gasteiger partial charge in [-0.2, -0.15) is 0 Å². The Hall–Kier alpha value is -2.14. The Balaban J connectivity index is 1.73. The molecule has 0 bridgehead atoms. The average Bonchev–Trinajstić information content (AvgIpc) is 2.78. The molecule has 1 heterocycles. The van der Waals surface area contributed by atoms with Crippen molar-refractivity contribution in [2.24, 2.45) is 0 Å². The van der Waals surface area contributed by atoms with Crippen LogP contribution in [0.5, 0.6) is 0 Å². The van der Waals surface area contributed by atoms with Gasteiger partial charge in [0.15, 0.2) is 0 Å². The highest BCUT2D eigenvalue weighted by Gasteiger charge is 2.06. The van der Waals surface area contributed by atoms with Crippen molar-refractivity contribution in [1.29, 1.82) is 0 Å². The van der Waals surface area contributed by atoms with E-state index >= 15 is 0 Å². The minimum atomic E-state index is -0.0383. The van der Waals surface area contributed by atoms with Crippen LogP contribution >= 0.6 is 15.9 Å². The van der Waals surface area contributed by atoms with Gasteiger partial charge in [-0.15, -0.1) is 0 Å². The van der Waals surface area contributed by atoms with E-state index in [1.165, 1.54) is 0 Å². The van der Waals surface area contributed by atoms with Gasteiger partial charge < -0.3 is 10.3 Å². The number of hydrogen-bond acceptors (Lipinski definition) is 2. The molecule has 1 aromatic heterocycles. The third kappa shape index (κ3) is 3.31. The third-order valence-corrected chi connectivity index (χ3v) is 3.63. The summed E-state index contributed by atoms with van der Waals surface area (Å²) in [5.41, 5.74) is 3.62. The van der Waals surface area contributed by atoms with Gasteiger partial charge >= 0.3 is 0 Å². The van der Waals surface area contributed by atoms with Gasteiger partial charge in [0, 0.05) is 10.2 Å². The normalized spacial score (nSPS) is 10.8. The van der Waals surface area contributed by atoms with Crippen LogP contribution in [0.25, 0.3) is 11.0 Å². The predicted molar refractivity (Wildman–Crippen MR) is 87.3 cm³/mol. The average molecular weight is 344 g/mol. The second kappa shape index (κ2) is 5.69. The fraction of sp³-hybridized carbons (Fsp3) is 0.125. The zero-order valence-electron chi connectivity index (χ0n) is 11.5. The third-order valence-electron chi connectivity index (χ3n) is 3.14.